The molecule has 11 heteroatoms. The first-order valence-electron chi connectivity index (χ1n) is 5.03. The molecule has 2 aromatic rings. The van der Waals surface area contributed by atoms with Gasteiger partial charge in [0, 0.05) is 12.1 Å². The Morgan fingerprint density at radius 3 is 1.95 bits per heavy atom. The highest BCUT2D eigenvalue weighted by molar-refractivity contribution is 7.99. The molecule has 6 N–H and O–H groups in total. The Hall–Kier alpha value is -2.30. The van der Waals surface area contributed by atoms with Gasteiger partial charge < -0.3 is 17.2 Å². The van der Waals surface area contributed by atoms with E-state index in [0.717, 1.165) is 11.8 Å². The number of nitrogens with two attached hydrogens (primary N) is 3. The van der Waals surface area contributed by atoms with Crippen molar-refractivity contribution < 1.29 is 13.2 Å². The Balaban J connectivity index is 2.36. The van der Waals surface area contributed by atoms with Gasteiger partial charge in [0.05, 0.1) is 0 Å². The number of nitrogens with zero attached hydrogens (tertiary/aromatic N) is 4. The second-order valence-corrected chi connectivity index (χ2v) is 4.54. The first-order chi connectivity index (χ1) is 9.24. The van der Waals surface area contributed by atoms with Crippen LogP contribution >= 0.6 is 11.8 Å². The van der Waals surface area contributed by atoms with E-state index < -0.39 is 12.0 Å². The summed E-state index contributed by atoms with van der Waals surface area (Å²) >= 11 is 0.747. The number of anilines is 3. The minimum absolute atomic E-state index is 0.0603. The average Bonchev–Trinajstić information content (AvgIpc) is 2.25. The first-order valence-corrected chi connectivity index (χ1v) is 5.85. The van der Waals surface area contributed by atoms with Crippen molar-refractivity contribution in [2.24, 2.45) is 0 Å². The molecule has 0 aliphatic heterocycles. The van der Waals surface area contributed by atoms with Crippen LogP contribution < -0.4 is 17.2 Å². The van der Waals surface area contributed by atoms with Gasteiger partial charge in [-0.1, -0.05) is 0 Å². The van der Waals surface area contributed by atoms with E-state index in [4.69, 9.17) is 17.2 Å². The van der Waals surface area contributed by atoms with Crippen molar-refractivity contribution in [1.29, 1.82) is 0 Å². The molecule has 0 aliphatic carbocycles. The van der Waals surface area contributed by atoms with Crippen LogP contribution in [0.25, 0.3) is 0 Å². The molecule has 0 amide bonds. The highest BCUT2D eigenvalue weighted by Gasteiger charge is 2.35. The SMILES string of the molecule is Nc1cc(N)nc(Sc2cc(N)nc(C(F)(F)F)n2)n1. The summed E-state index contributed by atoms with van der Waals surface area (Å²) in [5.41, 5.74) is 16.2. The molecule has 7 nitrogen and oxygen atoms in total. The van der Waals surface area contributed by atoms with Crippen LogP contribution in [0.1, 0.15) is 5.82 Å². The fourth-order valence-corrected chi connectivity index (χ4v) is 2.02. The van der Waals surface area contributed by atoms with E-state index in [1.807, 2.05) is 0 Å². The number of hydrogen-bond acceptors (Lipinski definition) is 8. The van der Waals surface area contributed by atoms with Gasteiger partial charge in [0.25, 0.3) is 0 Å². The van der Waals surface area contributed by atoms with E-state index in [9.17, 15) is 13.2 Å². The quantitative estimate of drug-likeness (QED) is 0.557. The molecule has 0 spiro atoms. The molecule has 0 saturated carbocycles. The van der Waals surface area contributed by atoms with Gasteiger partial charge in [-0.05, 0) is 11.8 Å². The van der Waals surface area contributed by atoms with Gasteiger partial charge in [0.1, 0.15) is 22.5 Å². The van der Waals surface area contributed by atoms with E-state index in [1.165, 1.54) is 12.1 Å². The molecule has 2 heterocycles. The van der Waals surface area contributed by atoms with E-state index in [1.54, 1.807) is 0 Å². The zero-order chi connectivity index (χ0) is 14.9. The summed E-state index contributed by atoms with van der Waals surface area (Å²) in [5, 5.41) is 0.00329. The number of hydrogen-bond donors (Lipinski definition) is 3. The summed E-state index contributed by atoms with van der Waals surface area (Å²) < 4.78 is 37.7. The number of alkyl halides is 3. The third-order valence-electron chi connectivity index (χ3n) is 1.92. The van der Waals surface area contributed by atoms with Gasteiger partial charge in [-0.15, -0.1) is 0 Å². The van der Waals surface area contributed by atoms with Crippen LogP contribution in [0.5, 0.6) is 0 Å². The van der Waals surface area contributed by atoms with Crippen LogP contribution in [-0.2, 0) is 6.18 Å². The Morgan fingerprint density at radius 1 is 0.850 bits per heavy atom. The summed E-state index contributed by atoms with van der Waals surface area (Å²) in [6, 6.07) is 2.49. The molecule has 0 unspecified atom stereocenters. The van der Waals surface area contributed by atoms with Gasteiger partial charge >= 0.3 is 6.18 Å². The van der Waals surface area contributed by atoms with Crippen LogP contribution in [0.2, 0.25) is 0 Å². The molecule has 106 valence electrons. The number of rotatable bonds is 2. The molecule has 20 heavy (non-hydrogen) atoms. The molecule has 0 saturated heterocycles. The molecule has 0 aliphatic rings. The third kappa shape index (κ3) is 3.38. The van der Waals surface area contributed by atoms with E-state index in [2.05, 4.69) is 19.9 Å². The molecular formula is C9H8F3N7S. The lowest BCUT2D eigenvalue weighted by atomic mass is 10.5. The molecule has 2 aromatic heterocycles. The number of nitrogen functional groups attached to an aromatic ring is 3. The van der Waals surface area contributed by atoms with Gasteiger partial charge in [-0.25, -0.2) is 19.9 Å². The summed E-state index contributed by atoms with van der Waals surface area (Å²) in [6.45, 7) is 0. The maximum atomic E-state index is 12.6. The van der Waals surface area contributed by atoms with Gasteiger partial charge in [0.15, 0.2) is 5.16 Å². The summed E-state index contributed by atoms with van der Waals surface area (Å²) in [5.74, 6) is -1.46. The normalized spacial score (nSPS) is 11.6. The summed E-state index contributed by atoms with van der Waals surface area (Å²) in [4.78, 5) is 14.1. The van der Waals surface area contributed by atoms with Crippen LogP contribution in [0.15, 0.2) is 22.3 Å². The average molecular weight is 303 g/mol. The van der Waals surface area contributed by atoms with Crippen molar-refractivity contribution in [3.05, 3.63) is 18.0 Å². The monoisotopic (exact) mass is 303 g/mol. The van der Waals surface area contributed by atoms with Crippen LogP contribution in [0.4, 0.5) is 30.6 Å². The fraction of sp³-hybridized carbons (Fsp3) is 0.111. The molecule has 0 radical (unpaired) electrons. The Kier molecular flexibility index (Phi) is 3.53. The lowest BCUT2D eigenvalue weighted by molar-refractivity contribution is -0.145. The van der Waals surface area contributed by atoms with Crippen molar-refractivity contribution >= 4 is 29.2 Å². The Bertz CT molecular complexity index is 626. The van der Waals surface area contributed by atoms with Crippen molar-refractivity contribution in [2.45, 2.75) is 16.4 Å². The highest BCUT2D eigenvalue weighted by atomic mass is 32.2. The first kappa shape index (κ1) is 14.1. The molecule has 0 fully saturated rings. The predicted octanol–water partition coefficient (Wildman–Crippen LogP) is 1.18. The third-order valence-corrected chi connectivity index (χ3v) is 2.70. The van der Waals surface area contributed by atoms with Crippen LogP contribution in [-0.4, -0.2) is 19.9 Å². The fourth-order valence-electron chi connectivity index (χ4n) is 1.22. The molecule has 2 rings (SSSR count). The van der Waals surface area contributed by atoms with Crippen molar-refractivity contribution in [1.82, 2.24) is 19.9 Å². The maximum Gasteiger partial charge on any atom is 0.451 e. The van der Waals surface area contributed by atoms with Gasteiger partial charge in [-0.2, -0.15) is 13.2 Å². The zero-order valence-corrected chi connectivity index (χ0v) is 10.5. The Labute approximate surface area is 114 Å². The van der Waals surface area contributed by atoms with Gasteiger partial charge in [-0.3, -0.25) is 0 Å². The molecule has 0 aromatic carbocycles. The largest absolute Gasteiger partial charge is 0.451 e. The smallest absolute Gasteiger partial charge is 0.384 e. The standard InChI is InChI=1S/C9H8F3N7S/c10-9(11,12)7-16-5(15)2-6(19-7)20-8-17-3(13)1-4(14)18-8/h1-2H,(H2,15,16,19)(H4,13,14,17,18). The van der Waals surface area contributed by atoms with Crippen molar-refractivity contribution in [3.63, 3.8) is 0 Å². The Morgan fingerprint density at radius 2 is 1.40 bits per heavy atom. The maximum absolute atomic E-state index is 12.6. The van der Waals surface area contributed by atoms with Crippen LogP contribution in [0.3, 0.4) is 0 Å². The van der Waals surface area contributed by atoms with Crippen molar-refractivity contribution in [3.8, 4) is 0 Å². The van der Waals surface area contributed by atoms with E-state index in [0.29, 0.717) is 0 Å². The summed E-state index contributed by atoms with van der Waals surface area (Å²) in [7, 11) is 0. The number of aromatic nitrogens is 4. The summed E-state index contributed by atoms with van der Waals surface area (Å²) in [6.07, 6.45) is -4.69. The minimum Gasteiger partial charge on any atom is -0.384 e. The minimum atomic E-state index is -4.69. The molecular weight excluding hydrogens is 295 g/mol. The second kappa shape index (κ2) is 5.00. The van der Waals surface area contributed by atoms with E-state index in [-0.39, 0.29) is 27.6 Å². The predicted molar refractivity (Wildman–Crippen MR) is 66.4 cm³/mol. The second-order valence-electron chi connectivity index (χ2n) is 3.55. The lowest BCUT2D eigenvalue weighted by Crippen LogP contribution is -2.13. The zero-order valence-electron chi connectivity index (χ0n) is 9.72. The number of halogens is 3. The van der Waals surface area contributed by atoms with Crippen molar-refractivity contribution in [2.75, 3.05) is 17.2 Å². The molecule has 0 bridgehead atoms. The van der Waals surface area contributed by atoms with Gasteiger partial charge in [0.2, 0.25) is 5.82 Å². The van der Waals surface area contributed by atoms with Crippen LogP contribution in [0, 0.1) is 0 Å². The molecule has 0 atom stereocenters. The topological polar surface area (TPSA) is 130 Å². The highest BCUT2D eigenvalue weighted by Crippen LogP contribution is 2.31. The van der Waals surface area contributed by atoms with E-state index >= 15 is 0 Å². The lowest BCUT2D eigenvalue weighted by Gasteiger charge is -2.07.